The fraction of sp³-hybridized carbons (Fsp3) is 0.778. The fourth-order valence-corrected chi connectivity index (χ4v) is 3.94. The second-order valence-electron chi connectivity index (χ2n) is 3.10. The molecule has 0 amide bonds. The summed E-state index contributed by atoms with van der Waals surface area (Å²) < 4.78 is 21.6. The Morgan fingerprint density at radius 1 is 1.06 bits per heavy atom. The Labute approximate surface area is 110 Å². The van der Waals surface area contributed by atoms with Crippen LogP contribution >= 0.6 is 30.3 Å². The largest absolute Gasteiger partial charge is 0.465 e. The first-order valence-corrected chi connectivity index (χ1v) is 8.21. The van der Waals surface area contributed by atoms with Crippen LogP contribution in [0.5, 0.6) is 0 Å². The van der Waals surface area contributed by atoms with Gasteiger partial charge in [0.05, 0.1) is 24.5 Å². The van der Waals surface area contributed by atoms with Gasteiger partial charge in [0.2, 0.25) is 5.66 Å². The summed E-state index contributed by atoms with van der Waals surface area (Å²) in [5.74, 6) is -1.81. The number of ether oxygens (including phenoxy) is 2. The maximum absolute atomic E-state index is 12.2. The van der Waals surface area contributed by atoms with Gasteiger partial charge in [-0.2, -0.15) is 0 Å². The molecule has 0 N–H and O–H groups in total. The topological polar surface area (TPSA) is 69.7 Å². The van der Waals surface area contributed by atoms with E-state index in [9.17, 15) is 14.2 Å². The number of carbonyl (C=O) groups excluding carboxylic acids is 2. The van der Waals surface area contributed by atoms with Gasteiger partial charge in [0.15, 0.2) is 0 Å². The van der Waals surface area contributed by atoms with Crippen molar-refractivity contribution in [3.05, 3.63) is 0 Å². The summed E-state index contributed by atoms with van der Waals surface area (Å²) in [7, 11) is -3.38. The van der Waals surface area contributed by atoms with E-state index in [1.807, 2.05) is 0 Å². The lowest BCUT2D eigenvalue weighted by Crippen LogP contribution is -2.34. The Bertz CT molecular complexity index is 295. The molecule has 17 heavy (non-hydrogen) atoms. The molecule has 0 aromatic heterocycles. The molecule has 0 atom stereocenters. The smallest absolute Gasteiger partial charge is 0.328 e. The van der Waals surface area contributed by atoms with Crippen LogP contribution in [0.2, 0.25) is 0 Å². The molecule has 0 heterocycles. The van der Waals surface area contributed by atoms with Crippen LogP contribution in [0.25, 0.3) is 0 Å². The van der Waals surface area contributed by atoms with Gasteiger partial charge < -0.3 is 14.0 Å². The summed E-state index contributed by atoms with van der Waals surface area (Å²) in [5, 5.41) is 0. The van der Waals surface area contributed by atoms with E-state index >= 15 is 0 Å². The van der Waals surface area contributed by atoms with Crippen LogP contribution in [0, 0.1) is 0 Å². The Kier molecular flexibility index (Phi) is 7.84. The monoisotopic (exact) mass is 304 g/mol. The van der Waals surface area contributed by atoms with Gasteiger partial charge in [0.25, 0.3) is 0 Å². The number of carbonyl (C=O) groups is 2. The molecule has 0 saturated heterocycles. The van der Waals surface area contributed by atoms with Crippen molar-refractivity contribution in [1.29, 1.82) is 0 Å². The van der Waals surface area contributed by atoms with Crippen molar-refractivity contribution in [3.8, 4) is 0 Å². The predicted molar refractivity (Wildman–Crippen MR) is 66.1 cm³/mol. The highest BCUT2D eigenvalue weighted by atomic mass is 35.5. The van der Waals surface area contributed by atoms with E-state index < -0.39 is 24.7 Å². The highest BCUT2D eigenvalue weighted by Gasteiger charge is 2.45. The molecular formula is C9H15Cl2O5P. The summed E-state index contributed by atoms with van der Waals surface area (Å²) in [4.78, 5) is 23.2. The number of hydrogen-bond acceptors (Lipinski definition) is 5. The first kappa shape index (κ1) is 16.8. The highest BCUT2D eigenvalue weighted by Crippen LogP contribution is 2.53. The van der Waals surface area contributed by atoms with Crippen molar-refractivity contribution in [1.82, 2.24) is 0 Å². The zero-order valence-electron chi connectivity index (χ0n) is 9.65. The van der Waals surface area contributed by atoms with Crippen molar-refractivity contribution in [3.63, 3.8) is 0 Å². The molecule has 0 fully saturated rings. The van der Waals surface area contributed by atoms with Crippen LogP contribution in [0.3, 0.4) is 0 Å². The van der Waals surface area contributed by atoms with Gasteiger partial charge in [-0.1, -0.05) is 0 Å². The normalized spacial score (nSPS) is 11.4. The summed E-state index contributed by atoms with van der Waals surface area (Å²) in [6.45, 7) is 3.29. The maximum atomic E-state index is 12.2. The van der Waals surface area contributed by atoms with Gasteiger partial charge in [0, 0.05) is 0 Å². The molecule has 0 unspecified atom stereocenters. The Morgan fingerprint density at radius 2 is 1.41 bits per heavy atom. The molecule has 100 valence electrons. The van der Waals surface area contributed by atoms with Crippen molar-refractivity contribution < 1.29 is 23.6 Å². The number of halogens is 2. The van der Waals surface area contributed by atoms with Crippen LogP contribution in [0.1, 0.15) is 13.8 Å². The van der Waals surface area contributed by atoms with Crippen LogP contribution in [0.4, 0.5) is 0 Å². The van der Waals surface area contributed by atoms with Crippen LogP contribution in [0.15, 0.2) is 0 Å². The molecule has 0 radical (unpaired) electrons. The summed E-state index contributed by atoms with van der Waals surface area (Å²) in [5.41, 5.74) is -2.28. The Morgan fingerprint density at radius 3 is 1.65 bits per heavy atom. The molecule has 0 aliphatic rings. The first-order chi connectivity index (χ1) is 7.96. The summed E-state index contributed by atoms with van der Waals surface area (Å²) in [6.07, 6.45) is 0. The standard InChI is InChI=1S/C9H15Cl2O5P/c1-3-15-8(12)7(9(13)16-4-2)17(14,5-10)6-11/h7H,3-6H2,1-2H3. The summed E-state index contributed by atoms with van der Waals surface area (Å²) in [6, 6.07) is 0. The lowest BCUT2D eigenvalue weighted by molar-refractivity contribution is -0.153. The third-order valence-corrected chi connectivity index (χ3v) is 6.49. The van der Waals surface area contributed by atoms with Crippen molar-refractivity contribution >= 4 is 42.3 Å². The zero-order chi connectivity index (χ0) is 13.5. The number of rotatable bonds is 7. The maximum Gasteiger partial charge on any atom is 0.328 e. The van der Waals surface area contributed by atoms with Gasteiger partial charge in [-0.05, 0) is 13.8 Å². The van der Waals surface area contributed by atoms with Gasteiger partial charge >= 0.3 is 11.9 Å². The molecule has 0 aliphatic heterocycles. The third-order valence-electron chi connectivity index (χ3n) is 1.89. The average molecular weight is 305 g/mol. The van der Waals surface area contributed by atoms with E-state index in [0.29, 0.717) is 0 Å². The van der Waals surface area contributed by atoms with Crippen molar-refractivity contribution in [2.24, 2.45) is 0 Å². The van der Waals surface area contributed by atoms with Crippen LogP contribution in [-0.2, 0) is 23.6 Å². The average Bonchev–Trinajstić information content (AvgIpc) is 2.29. The molecule has 0 bridgehead atoms. The molecule has 0 aliphatic carbocycles. The minimum Gasteiger partial charge on any atom is -0.465 e. The molecule has 0 aromatic rings. The SMILES string of the molecule is CCOC(=O)C(C(=O)OCC)P(=O)(CCl)CCl. The number of esters is 2. The molecule has 8 heteroatoms. The number of alkyl halides is 2. The summed E-state index contributed by atoms with van der Waals surface area (Å²) >= 11 is 11.1. The lowest BCUT2D eigenvalue weighted by atomic mass is 10.4. The Hall–Kier alpha value is -0.250. The van der Waals surface area contributed by atoms with E-state index in [-0.39, 0.29) is 24.5 Å². The van der Waals surface area contributed by atoms with E-state index in [1.165, 1.54) is 0 Å². The van der Waals surface area contributed by atoms with Crippen LogP contribution in [-0.4, -0.2) is 42.1 Å². The minimum atomic E-state index is -3.38. The molecule has 0 spiro atoms. The molecule has 5 nitrogen and oxygen atoms in total. The lowest BCUT2D eigenvalue weighted by Gasteiger charge is -2.20. The second-order valence-corrected chi connectivity index (χ2v) is 7.43. The third kappa shape index (κ3) is 4.49. The predicted octanol–water partition coefficient (Wildman–Crippen LogP) is 2.24. The van der Waals surface area contributed by atoms with E-state index in [2.05, 4.69) is 0 Å². The van der Waals surface area contributed by atoms with Crippen molar-refractivity contribution in [2.75, 3.05) is 24.5 Å². The quantitative estimate of drug-likeness (QED) is 0.312. The fourth-order valence-electron chi connectivity index (χ4n) is 1.09. The van der Waals surface area contributed by atoms with Crippen LogP contribution < -0.4 is 0 Å². The number of hydrogen-bond donors (Lipinski definition) is 0. The van der Waals surface area contributed by atoms with Gasteiger partial charge in [-0.25, -0.2) is 0 Å². The Balaban J connectivity index is 5.16. The highest BCUT2D eigenvalue weighted by molar-refractivity contribution is 7.69. The molecule has 0 aromatic carbocycles. The van der Waals surface area contributed by atoms with Gasteiger partial charge in [0.1, 0.15) is 7.14 Å². The second kappa shape index (κ2) is 7.96. The van der Waals surface area contributed by atoms with E-state index in [0.717, 1.165) is 0 Å². The van der Waals surface area contributed by atoms with E-state index in [4.69, 9.17) is 32.7 Å². The van der Waals surface area contributed by atoms with Gasteiger partial charge in [-0.3, -0.25) is 9.59 Å². The molecule has 0 rings (SSSR count). The van der Waals surface area contributed by atoms with Crippen molar-refractivity contribution in [2.45, 2.75) is 19.5 Å². The molecule has 0 saturated carbocycles. The minimum absolute atomic E-state index is 0.0688. The zero-order valence-corrected chi connectivity index (χ0v) is 12.1. The molecular weight excluding hydrogens is 290 g/mol. The van der Waals surface area contributed by atoms with Gasteiger partial charge in [-0.15, -0.1) is 23.2 Å². The van der Waals surface area contributed by atoms with E-state index in [1.54, 1.807) is 13.8 Å². The first-order valence-electron chi connectivity index (χ1n) is 4.99.